The topological polar surface area (TPSA) is 94.2 Å². The second kappa shape index (κ2) is 8.76. The van der Waals surface area contributed by atoms with Gasteiger partial charge in [-0.05, 0) is 48.7 Å². The highest BCUT2D eigenvalue weighted by Gasteiger charge is 2.37. The predicted molar refractivity (Wildman–Crippen MR) is 115 cm³/mol. The van der Waals surface area contributed by atoms with Crippen molar-refractivity contribution in [2.45, 2.75) is 37.1 Å². The molecule has 9 heteroatoms. The van der Waals surface area contributed by atoms with Crippen molar-refractivity contribution in [3.8, 4) is 17.2 Å². The first kappa shape index (κ1) is 21.5. The molecular weight excluding hydrogens is 420 g/mol. The molecular formula is C22H26N2O6S. The van der Waals surface area contributed by atoms with Gasteiger partial charge >= 0.3 is 0 Å². The quantitative estimate of drug-likeness (QED) is 0.757. The van der Waals surface area contributed by atoms with E-state index >= 15 is 0 Å². The van der Waals surface area contributed by atoms with Gasteiger partial charge in [0.05, 0.1) is 36.9 Å². The maximum atomic E-state index is 13.5. The van der Waals surface area contributed by atoms with Crippen LogP contribution in [0.1, 0.15) is 37.8 Å². The van der Waals surface area contributed by atoms with Crippen LogP contribution in [0.2, 0.25) is 0 Å². The fourth-order valence-electron chi connectivity index (χ4n) is 4.02. The highest BCUT2D eigenvalue weighted by atomic mass is 32.2. The summed E-state index contributed by atoms with van der Waals surface area (Å²) in [6.07, 6.45) is 2.28. The number of fused-ring (bicyclic) bond motifs is 1. The molecule has 0 saturated carbocycles. The number of methoxy groups -OCH3 is 1. The van der Waals surface area contributed by atoms with Crippen molar-refractivity contribution in [3.05, 3.63) is 42.0 Å². The van der Waals surface area contributed by atoms with Crippen LogP contribution in [0.15, 0.2) is 41.3 Å². The van der Waals surface area contributed by atoms with Crippen LogP contribution >= 0.6 is 0 Å². The van der Waals surface area contributed by atoms with Crippen molar-refractivity contribution in [1.29, 1.82) is 0 Å². The van der Waals surface area contributed by atoms with E-state index in [4.69, 9.17) is 14.2 Å². The Kier molecular flexibility index (Phi) is 6.06. The summed E-state index contributed by atoms with van der Waals surface area (Å²) >= 11 is 0. The van der Waals surface area contributed by atoms with Crippen molar-refractivity contribution in [3.63, 3.8) is 0 Å². The minimum Gasteiger partial charge on any atom is -0.495 e. The van der Waals surface area contributed by atoms with Gasteiger partial charge < -0.3 is 19.5 Å². The molecule has 2 heterocycles. The Balaban J connectivity index is 1.67. The number of carbonyl (C=O) groups excluding carboxylic acids is 1. The van der Waals surface area contributed by atoms with Gasteiger partial charge in [0.2, 0.25) is 15.9 Å². The van der Waals surface area contributed by atoms with Crippen LogP contribution in [0.3, 0.4) is 0 Å². The van der Waals surface area contributed by atoms with E-state index in [1.54, 1.807) is 6.07 Å². The van der Waals surface area contributed by atoms with E-state index in [0.29, 0.717) is 49.1 Å². The van der Waals surface area contributed by atoms with Crippen LogP contribution < -0.4 is 19.5 Å². The van der Waals surface area contributed by atoms with Crippen LogP contribution in [0.4, 0.5) is 5.69 Å². The molecule has 2 aliphatic rings. The highest BCUT2D eigenvalue weighted by molar-refractivity contribution is 7.89. The number of ether oxygens (including phenoxy) is 3. The molecule has 4 rings (SSSR count). The molecule has 1 N–H and O–H groups in total. The minimum atomic E-state index is -3.79. The van der Waals surface area contributed by atoms with Crippen molar-refractivity contribution in [1.82, 2.24) is 4.31 Å². The van der Waals surface area contributed by atoms with Crippen molar-refractivity contribution in [2.24, 2.45) is 0 Å². The number of benzene rings is 2. The molecule has 8 nitrogen and oxygen atoms in total. The lowest BCUT2D eigenvalue weighted by Crippen LogP contribution is -2.30. The summed E-state index contributed by atoms with van der Waals surface area (Å²) in [6, 6.07) is 9.84. The molecule has 2 aromatic rings. The third-order valence-electron chi connectivity index (χ3n) is 5.45. The smallest absolute Gasteiger partial charge is 0.243 e. The van der Waals surface area contributed by atoms with Gasteiger partial charge in [0.25, 0.3) is 0 Å². The van der Waals surface area contributed by atoms with Crippen LogP contribution in [0.5, 0.6) is 17.2 Å². The number of amides is 1. The lowest BCUT2D eigenvalue weighted by molar-refractivity contribution is -0.114. The van der Waals surface area contributed by atoms with Crippen LogP contribution in [0, 0.1) is 0 Å². The normalized spacial score (nSPS) is 19.0. The molecule has 1 saturated heterocycles. The van der Waals surface area contributed by atoms with E-state index in [1.165, 1.54) is 30.5 Å². The summed E-state index contributed by atoms with van der Waals surface area (Å²) in [5, 5.41) is 2.63. The number of anilines is 1. The highest BCUT2D eigenvalue weighted by Crippen LogP contribution is 2.41. The zero-order valence-corrected chi connectivity index (χ0v) is 18.4. The van der Waals surface area contributed by atoms with Crippen LogP contribution in [0.25, 0.3) is 0 Å². The number of hydrogen-bond donors (Lipinski definition) is 1. The van der Waals surface area contributed by atoms with E-state index in [0.717, 1.165) is 18.4 Å². The number of nitrogens with zero attached hydrogens (tertiary/aromatic N) is 1. The maximum absolute atomic E-state index is 13.5. The second-order valence-corrected chi connectivity index (χ2v) is 9.46. The van der Waals surface area contributed by atoms with Gasteiger partial charge in [0, 0.05) is 19.9 Å². The predicted octanol–water partition coefficient (Wildman–Crippen LogP) is 3.34. The van der Waals surface area contributed by atoms with E-state index in [-0.39, 0.29) is 16.8 Å². The lowest BCUT2D eigenvalue weighted by Gasteiger charge is -2.25. The Labute approximate surface area is 182 Å². The number of rotatable bonds is 5. The monoisotopic (exact) mass is 446 g/mol. The zero-order chi connectivity index (χ0) is 22.0. The first-order chi connectivity index (χ1) is 14.9. The molecule has 0 radical (unpaired) electrons. The molecule has 0 spiro atoms. The van der Waals surface area contributed by atoms with Crippen molar-refractivity contribution >= 4 is 21.6 Å². The fraction of sp³-hybridized carbons (Fsp3) is 0.409. The summed E-state index contributed by atoms with van der Waals surface area (Å²) in [5.74, 6) is 1.43. The van der Waals surface area contributed by atoms with Gasteiger partial charge in [-0.25, -0.2) is 8.42 Å². The van der Waals surface area contributed by atoms with Gasteiger partial charge in [-0.1, -0.05) is 6.07 Å². The largest absolute Gasteiger partial charge is 0.495 e. The maximum Gasteiger partial charge on any atom is 0.243 e. The first-order valence-electron chi connectivity index (χ1n) is 10.3. The van der Waals surface area contributed by atoms with Crippen LogP contribution in [-0.2, 0) is 14.8 Å². The summed E-state index contributed by atoms with van der Waals surface area (Å²) < 4.78 is 45.3. The number of hydrogen-bond acceptors (Lipinski definition) is 6. The standard InChI is InChI=1S/C22H26N2O6S/c1-15(25)23-18-14-17(7-9-20(18)28-2)31(26,27)24-10-3-5-19(24)16-6-8-21-22(13-16)30-12-4-11-29-21/h6-9,13-14,19H,3-5,10-12H2,1-2H3,(H,23,25). The van der Waals surface area contributed by atoms with Crippen molar-refractivity contribution < 1.29 is 27.4 Å². The summed E-state index contributed by atoms with van der Waals surface area (Å²) in [4.78, 5) is 11.6. The Morgan fingerprint density at radius 1 is 1.10 bits per heavy atom. The first-order valence-corrected chi connectivity index (χ1v) is 11.7. The lowest BCUT2D eigenvalue weighted by atomic mass is 10.0. The fourth-order valence-corrected chi connectivity index (χ4v) is 5.73. The summed E-state index contributed by atoms with van der Waals surface area (Å²) in [5.41, 5.74) is 1.20. The molecule has 0 aromatic heterocycles. The van der Waals surface area contributed by atoms with Crippen LogP contribution in [-0.4, -0.2) is 45.5 Å². The van der Waals surface area contributed by atoms with Gasteiger partial charge in [-0.3, -0.25) is 4.79 Å². The van der Waals surface area contributed by atoms with Gasteiger partial charge in [-0.15, -0.1) is 0 Å². The summed E-state index contributed by atoms with van der Waals surface area (Å²) in [6.45, 7) is 2.95. The van der Waals surface area contributed by atoms with Crippen molar-refractivity contribution in [2.75, 3.05) is 32.2 Å². The minimum absolute atomic E-state index is 0.110. The molecule has 0 bridgehead atoms. The van der Waals surface area contributed by atoms with Gasteiger partial charge in [0.1, 0.15) is 5.75 Å². The second-order valence-electron chi connectivity index (χ2n) is 7.57. The molecule has 1 amide bonds. The van der Waals surface area contributed by atoms with Gasteiger partial charge in [-0.2, -0.15) is 4.31 Å². The summed E-state index contributed by atoms with van der Waals surface area (Å²) in [7, 11) is -2.33. The SMILES string of the molecule is COc1ccc(S(=O)(=O)N2CCCC2c2ccc3c(c2)OCCCO3)cc1NC(C)=O. The van der Waals surface area contributed by atoms with E-state index in [1.807, 2.05) is 18.2 Å². The molecule has 0 aliphatic carbocycles. The molecule has 1 atom stereocenters. The number of nitrogens with one attached hydrogen (secondary N) is 1. The molecule has 31 heavy (non-hydrogen) atoms. The number of carbonyl (C=O) groups is 1. The Bertz CT molecular complexity index is 1090. The Morgan fingerprint density at radius 3 is 2.61 bits per heavy atom. The molecule has 2 aromatic carbocycles. The molecule has 1 fully saturated rings. The van der Waals surface area contributed by atoms with Gasteiger partial charge in [0.15, 0.2) is 11.5 Å². The van der Waals surface area contributed by atoms with E-state index in [9.17, 15) is 13.2 Å². The number of sulfonamides is 1. The average molecular weight is 447 g/mol. The molecule has 166 valence electrons. The molecule has 2 aliphatic heterocycles. The Hall–Kier alpha value is -2.78. The third kappa shape index (κ3) is 4.33. The van der Waals surface area contributed by atoms with E-state index in [2.05, 4.69) is 5.32 Å². The van der Waals surface area contributed by atoms with E-state index < -0.39 is 10.0 Å². The average Bonchev–Trinajstić information content (AvgIpc) is 3.13. The molecule has 1 unspecified atom stereocenters. The third-order valence-corrected chi connectivity index (χ3v) is 7.35. The Morgan fingerprint density at radius 2 is 1.87 bits per heavy atom. The zero-order valence-electron chi connectivity index (χ0n) is 17.6.